The van der Waals surface area contributed by atoms with Crippen LogP contribution < -0.4 is 20.3 Å². The van der Waals surface area contributed by atoms with Crippen molar-refractivity contribution in [2.75, 3.05) is 14.2 Å². The number of nitrogens with one attached hydrogen (secondary N) is 2. The van der Waals surface area contributed by atoms with Gasteiger partial charge in [0.25, 0.3) is 5.91 Å². The first-order chi connectivity index (χ1) is 10.7. The van der Waals surface area contributed by atoms with Gasteiger partial charge >= 0.3 is 0 Å². The number of carbonyl (C=O) groups excluding carboxylic acids is 1. The van der Waals surface area contributed by atoms with Crippen LogP contribution in [0.2, 0.25) is 0 Å². The Morgan fingerprint density at radius 2 is 2.05 bits per heavy atom. The van der Waals surface area contributed by atoms with Crippen LogP contribution in [0, 0.1) is 11.8 Å². The van der Waals surface area contributed by atoms with Crippen LogP contribution in [0.15, 0.2) is 30.0 Å². The Balaban J connectivity index is 1.59. The van der Waals surface area contributed by atoms with Gasteiger partial charge in [-0.15, -0.1) is 0 Å². The van der Waals surface area contributed by atoms with Crippen molar-refractivity contribution in [3.8, 4) is 11.5 Å². The molecule has 2 aliphatic carbocycles. The minimum absolute atomic E-state index is 0.194. The van der Waals surface area contributed by atoms with Gasteiger partial charge in [-0.25, -0.2) is 0 Å². The minimum Gasteiger partial charge on any atom is -0.493 e. The zero-order valence-corrected chi connectivity index (χ0v) is 13.0. The molecular weight excluding hydrogens is 280 g/mol. The summed E-state index contributed by atoms with van der Waals surface area (Å²) >= 11 is 0. The lowest BCUT2D eigenvalue weighted by Crippen LogP contribution is -2.34. The molecule has 2 N–H and O–H groups in total. The van der Waals surface area contributed by atoms with Gasteiger partial charge in [0.15, 0.2) is 11.5 Å². The summed E-state index contributed by atoms with van der Waals surface area (Å²) < 4.78 is 10.4. The van der Waals surface area contributed by atoms with Gasteiger partial charge in [-0.1, -0.05) is 0 Å². The lowest BCUT2D eigenvalue weighted by molar-refractivity contribution is 0.0940. The molecule has 0 aliphatic heterocycles. The van der Waals surface area contributed by atoms with E-state index in [-0.39, 0.29) is 5.91 Å². The molecule has 118 valence electrons. The SMILES string of the molecule is COc1ccc(C(=O)NN/C=C2/C[C@H]3CC[C@H]2C3)cc1OC. The van der Waals surface area contributed by atoms with E-state index in [0.717, 1.165) is 11.8 Å². The third kappa shape index (κ3) is 2.89. The van der Waals surface area contributed by atoms with Gasteiger partial charge in [0.2, 0.25) is 0 Å². The Hall–Kier alpha value is -2.17. The Kier molecular flexibility index (Phi) is 4.22. The molecule has 5 nitrogen and oxygen atoms in total. The van der Waals surface area contributed by atoms with Crippen LogP contribution in [-0.2, 0) is 0 Å². The van der Waals surface area contributed by atoms with E-state index in [1.54, 1.807) is 32.4 Å². The zero-order chi connectivity index (χ0) is 15.5. The highest BCUT2D eigenvalue weighted by Crippen LogP contribution is 2.47. The van der Waals surface area contributed by atoms with E-state index in [0.29, 0.717) is 17.1 Å². The van der Waals surface area contributed by atoms with Crippen molar-refractivity contribution >= 4 is 5.91 Å². The van der Waals surface area contributed by atoms with E-state index in [9.17, 15) is 4.79 Å². The number of hydrogen-bond donors (Lipinski definition) is 2. The predicted octanol–water partition coefficient (Wildman–Crippen LogP) is 2.64. The van der Waals surface area contributed by atoms with Gasteiger partial charge in [0.1, 0.15) is 0 Å². The Labute approximate surface area is 130 Å². The summed E-state index contributed by atoms with van der Waals surface area (Å²) in [7, 11) is 3.12. The van der Waals surface area contributed by atoms with Crippen LogP contribution in [0.25, 0.3) is 0 Å². The third-order valence-electron chi connectivity index (χ3n) is 4.68. The number of hydrazine groups is 1. The van der Waals surface area contributed by atoms with Crippen LogP contribution in [0.1, 0.15) is 36.0 Å². The average Bonchev–Trinajstić information content (AvgIpc) is 3.17. The van der Waals surface area contributed by atoms with E-state index < -0.39 is 0 Å². The van der Waals surface area contributed by atoms with Crippen molar-refractivity contribution in [3.05, 3.63) is 35.5 Å². The number of rotatable bonds is 5. The lowest BCUT2D eigenvalue weighted by Gasteiger charge is -2.14. The Bertz CT molecular complexity index is 598. The van der Waals surface area contributed by atoms with Crippen LogP contribution in [0.5, 0.6) is 11.5 Å². The van der Waals surface area contributed by atoms with Gasteiger partial charge in [-0.3, -0.25) is 10.2 Å². The molecule has 2 saturated carbocycles. The second-order valence-electron chi connectivity index (χ2n) is 5.97. The summed E-state index contributed by atoms with van der Waals surface area (Å²) in [5, 5.41) is 0. The molecule has 2 atom stereocenters. The van der Waals surface area contributed by atoms with Gasteiger partial charge in [-0.05, 0) is 61.3 Å². The number of benzene rings is 1. The summed E-state index contributed by atoms with van der Waals surface area (Å²) in [6.45, 7) is 0. The van der Waals surface area contributed by atoms with Gasteiger partial charge in [-0.2, -0.15) is 0 Å². The van der Waals surface area contributed by atoms with E-state index in [4.69, 9.17) is 9.47 Å². The number of carbonyl (C=O) groups is 1. The molecule has 0 radical (unpaired) electrons. The summed E-state index contributed by atoms with van der Waals surface area (Å²) in [6, 6.07) is 5.10. The molecule has 0 heterocycles. The third-order valence-corrected chi connectivity index (χ3v) is 4.68. The van der Waals surface area contributed by atoms with Gasteiger partial charge in [0.05, 0.1) is 14.2 Å². The molecule has 2 aliphatic rings. The zero-order valence-electron chi connectivity index (χ0n) is 13.0. The maximum Gasteiger partial charge on any atom is 0.269 e. The standard InChI is InChI=1S/C17H22N2O3/c1-21-15-6-5-13(9-16(15)22-2)17(20)19-18-10-14-8-11-3-4-12(14)7-11/h5-6,9-12,18H,3-4,7-8H2,1-2H3,(H,19,20)/b14-10-/t11-,12-/m0/s1. The Morgan fingerprint density at radius 1 is 1.23 bits per heavy atom. The number of methoxy groups -OCH3 is 2. The highest BCUT2D eigenvalue weighted by molar-refractivity contribution is 5.94. The fourth-order valence-electron chi connectivity index (χ4n) is 3.52. The van der Waals surface area contributed by atoms with Crippen molar-refractivity contribution in [1.29, 1.82) is 0 Å². The molecular formula is C17H22N2O3. The molecule has 0 aromatic heterocycles. The first kappa shape index (κ1) is 14.8. The van der Waals surface area contributed by atoms with Gasteiger partial charge in [0, 0.05) is 11.8 Å². The summed E-state index contributed by atoms with van der Waals surface area (Å²) in [5.74, 6) is 2.54. The van der Waals surface area contributed by atoms with E-state index >= 15 is 0 Å². The number of fused-ring (bicyclic) bond motifs is 2. The van der Waals surface area contributed by atoms with E-state index in [1.807, 2.05) is 6.20 Å². The smallest absolute Gasteiger partial charge is 0.269 e. The molecule has 22 heavy (non-hydrogen) atoms. The summed E-state index contributed by atoms with van der Waals surface area (Å²) in [5.41, 5.74) is 7.61. The van der Waals surface area contributed by atoms with Crippen LogP contribution in [-0.4, -0.2) is 20.1 Å². The van der Waals surface area contributed by atoms with Crippen molar-refractivity contribution in [1.82, 2.24) is 10.9 Å². The average molecular weight is 302 g/mol. The molecule has 1 aromatic rings. The van der Waals surface area contributed by atoms with Crippen molar-refractivity contribution in [2.24, 2.45) is 11.8 Å². The molecule has 0 spiro atoms. The minimum atomic E-state index is -0.194. The van der Waals surface area contributed by atoms with E-state index in [1.165, 1.54) is 31.3 Å². The van der Waals surface area contributed by atoms with Gasteiger partial charge < -0.3 is 14.9 Å². The molecule has 0 saturated heterocycles. The number of allylic oxidation sites excluding steroid dienone is 1. The molecule has 5 heteroatoms. The van der Waals surface area contributed by atoms with Crippen LogP contribution in [0.4, 0.5) is 0 Å². The highest BCUT2D eigenvalue weighted by Gasteiger charge is 2.35. The number of hydrogen-bond acceptors (Lipinski definition) is 4. The second kappa shape index (κ2) is 6.30. The normalized spacial score (nSPS) is 24.4. The second-order valence-corrected chi connectivity index (χ2v) is 5.97. The largest absolute Gasteiger partial charge is 0.493 e. The Morgan fingerprint density at radius 3 is 2.68 bits per heavy atom. The first-order valence-electron chi connectivity index (χ1n) is 7.68. The monoisotopic (exact) mass is 302 g/mol. The summed E-state index contributed by atoms with van der Waals surface area (Å²) in [4.78, 5) is 12.1. The fourth-order valence-corrected chi connectivity index (χ4v) is 3.52. The van der Waals surface area contributed by atoms with Crippen LogP contribution in [0.3, 0.4) is 0 Å². The molecule has 1 amide bonds. The molecule has 1 aromatic carbocycles. The molecule has 3 rings (SSSR count). The van der Waals surface area contributed by atoms with Crippen molar-refractivity contribution < 1.29 is 14.3 Å². The fraction of sp³-hybridized carbons (Fsp3) is 0.471. The molecule has 2 bridgehead atoms. The lowest BCUT2D eigenvalue weighted by atomic mass is 9.96. The van der Waals surface area contributed by atoms with Crippen molar-refractivity contribution in [2.45, 2.75) is 25.7 Å². The highest BCUT2D eigenvalue weighted by atomic mass is 16.5. The van der Waals surface area contributed by atoms with Crippen LogP contribution >= 0.6 is 0 Å². The maximum absolute atomic E-state index is 12.1. The van der Waals surface area contributed by atoms with Crippen molar-refractivity contribution in [3.63, 3.8) is 0 Å². The predicted molar refractivity (Wildman–Crippen MR) is 83.7 cm³/mol. The number of amides is 1. The quantitative estimate of drug-likeness (QED) is 0.821. The molecule has 0 unspecified atom stereocenters. The first-order valence-corrected chi connectivity index (χ1v) is 7.68. The van der Waals surface area contributed by atoms with E-state index in [2.05, 4.69) is 10.9 Å². The summed E-state index contributed by atoms with van der Waals surface area (Å²) in [6.07, 6.45) is 7.10. The molecule has 2 fully saturated rings. The number of ether oxygens (including phenoxy) is 2. The topological polar surface area (TPSA) is 59.6 Å². The maximum atomic E-state index is 12.1.